The lowest BCUT2D eigenvalue weighted by molar-refractivity contribution is -0.141. The molecule has 0 fully saturated rings. The number of hydrogen-bond donors (Lipinski definition) is 1. The van der Waals surface area contributed by atoms with Gasteiger partial charge in [-0.15, -0.1) is 0 Å². The van der Waals surface area contributed by atoms with Gasteiger partial charge in [-0.1, -0.05) is 15.9 Å². The molecule has 1 N–H and O–H groups in total. The fourth-order valence-corrected chi connectivity index (χ4v) is 2.31. The SMILES string of the molecule is FC(F)(F)c1n[nH]c(CBr)c1I. The Morgan fingerprint density at radius 2 is 2.08 bits per heavy atom. The number of rotatable bonds is 1. The third kappa shape index (κ3) is 1.93. The zero-order valence-electron chi connectivity index (χ0n) is 5.54. The smallest absolute Gasteiger partial charge is 0.280 e. The maximum atomic E-state index is 12.1. The van der Waals surface area contributed by atoms with Gasteiger partial charge >= 0.3 is 6.18 Å². The molecular weight excluding hydrogens is 352 g/mol. The first kappa shape index (κ1) is 10.3. The van der Waals surface area contributed by atoms with Crippen molar-refractivity contribution in [2.75, 3.05) is 0 Å². The van der Waals surface area contributed by atoms with Crippen molar-refractivity contribution >= 4 is 38.5 Å². The standard InChI is InChI=1S/C5H3BrF3IN2/c6-1-2-3(10)4(12-11-2)5(7,8)9/h1H2,(H,11,12). The van der Waals surface area contributed by atoms with Gasteiger partial charge in [0.15, 0.2) is 5.69 Å². The van der Waals surface area contributed by atoms with Crippen LogP contribution >= 0.6 is 38.5 Å². The molecule has 1 heterocycles. The molecule has 0 atom stereocenters. The molecule has 1 aromatic rings. The Morgan fingerprint density at radius 1 is 1.50 bits per heavy atom. The fourth-order valence-electron chi connectivity index (χ4n) is 0.641. The second kappa shape index (κ2) is 3.52. The van der Waals surface area contributed by atoms with Crippen LogP contribution < -0.4 is 0 Å². The summed E-state index contributed by atoms with van der Waals surface area (Å²) in [5, 5.41) is 5.82. The summed E-state index contributed by atoms with van der Waals surface area (Å²) in [5.74, 6) is 0. The molecule has 0 spiro atoms. The average Bonchev–Trinajstić information content (AvgIpc) is 2.29. The number of aromatic amines is 1. The number of halogens is 5. The Hall–Kier alpha value is 0.210. The number of alkyl halides is 4. The Balaban J connectivity index is 3.11. The van der Waals surface area contributed by atoms with Gasteiger partial charge in [-0.25, -0.2) is 0 Å². The lowest BCUT2D eigenvalue weighted by Crippen LogP contribution is -2.07. The summed E-state index contributed by atoms with van der Waals surface area (Å²) in [5.41, 5.74) is -0.402. The largest absolute Gasteiger partial charge is 0.436 e. The van der Waals surface area contributed by atoms with Crippen LogP contribution in [0, 0.1) is 3.57 Å². The van der Waals surface area contributed by atoms with Crippen LogP contribution in [0.2, 0.25) is 0 Å². The van der Waals surface area contributed by atoms with Crippen LogP contribution in [-0.4, -0.2) is 10.2 Å². The topological polar surface area (TPSA) is 28.7 Å². The lowest BCUT2D eigenvalue weighted by Gasteiger charge is -2.01. The third-order valence-corrected chi connectivity index (χ3v) is 2.90. The molecule has 68 valence electrons. The van der Waals surface area contributed by atoms with E-state index in [1.54, 1.807) is 22.6 Å². The average molecular weight is 355 g/mol. The summed E-state index contributed by atoms with van der Waals surface area (Å²) in [7, 11) is 0. The first-order valence-electron chi connectivity index (χ1n) is 2.82. The minimum absolute atomic E-state index is 0.122. The highest BCUT2D eigenvalue weighted by Gasteiger charge is 2.37. The Kier molecular flexibility index (Phi) is 3.02. The molecule has 1 aromatic heterocycles. The molecule has 0 aliphatic heterocycles. The van der Waals surface area contributed by atoms with E-state index < -0.39 is 11.9 Å². The van der Waals surface area contributed by atoms with E-state index in [0.29, 0.717) is 11.0 Å². The van der Waals surface area contributed by atoms with Crippen LogP contribution in [-0.2, 0) is 11.5 Å². The van der Waals surface area contributed by atoms with Crippen molar-refractivity contribution in [2.24, 2.45) is 0 Å². The van der Waals surface area contributed by atoms with Crippen molar-refractivity contribution in [2.45, 2.75) is 11.5 Å². The molecule has 0 bridgehead atoms. The van der Waals surface area contributed by atoms with Crippen LogP contribution in [0.15, 0.2) is 0 Å². The summed E-state index contributed by atoms with van der Waals surface area (Å²) in [6.07, 6.45) is -4.37. The van der Waals surface area contributed by atoms with Crippen LogP contribution in [0.3, 0.4) is 0 Å². The van der Waals surface area contributed by atoms with Gasteiger partial charge in [0.05, 0.1) is 9.26 Å². The highest BCUT2D eigenvalue weighted by molar-refractivity contribution is 14.1. The molecule has 12 heavy (non-hydrogen) atoms. The van der Waals surface area contributed by atoms with Crippen molar-refractivity contribution in [3.63, 3.8) is 0 Å². The van der Waals surface area contributed by atoms with Gasteiger partial charge in [0, 0.05) is 5.33 Å². The highest BCUT2D eigenvalue weighted by atomic mass is 127. The van der Waals surface area contributed by atoms with Crippen LogP contribution in [0.4, 0.5) is 13.2 Å². The van der Waals surface area contributed by atoms with Crippen LogP contribution in [0.25, 0.3) is 0 Å². The van der Waals surface area contributed by atoms with Crippen molar-refractivity contribution in [1.82, 2.24) is 10.2 Å². The highest BCUT2D eigenvalue weighted by Crippen LogP contribution is 2.32. The molecule has 0 aromatic carbocycles. The molecule has 0 saturated heterocycles. The second-order valence-electron chi connectivity index (χ2n) is 2.00. The van der Waals surface area contributed by atoms with E-state index in [4.69, 9.17) is 0 Å². The zero-order chi connectivity index (χ0) is 9.35. The van der Waals surface area contributed by atoms with E-state index in [0.717, 1.165) is 0 Å². The molecule has 2 nitrogen and oxygen atoms in total. The molecule has 1 rings (SSSR count). The van der Waals surface area contributed by atoms with Crippen molar-refractivity contribution in [3.8, 4) is 0 Å². The minimum atomic E-state index is -4.37. The lowest BCUT2D eigenvalue weighted by atomic mass is 10.4. The number of aromatic nitrogens is 2. The second-order valence-corrected chi connectivity index (χ2v) is 3.64. The summed E-state index contributed by atoms with van der Waals surface area (Å²) >= 11 is 4.66. The normalized spacial score (nSPS) is 12.1. The van der Waals surface area contributed by atoms with Crippen LogP contribution in [0.5, 0.6) is 0 Å². The number of hydrogen-bond acceptors (Lipinski definition) is 1. The summed E-state index contributed by atoms with van der Waals surface area (Å²) in [6, 6.07) is 0. The van der Waals surface area contributed by atoms with Gasteiger partial charge in [-0.05, 0) is 22.6 Å². The Bertz CT molecular complexity index is 283. The van der Waals surface area contributed by atoms with E-state index in [1.807, 2.05) is 0 Å². The first-order valence-corrected chi connectivity index (χ1v) is 5.02. The predicted molar refractivity (Wildman–Crippen MR) is 48.9 cm³/mol. The summed E-state index contributed by atoms with van der Waals surface area (Å²) in [4.78, 5) is 0. The molecule has 0 aliphatic rings. The molecular formula is C5H3BrF3IN2. The number of H-pyrrole nitrogens is 1. The summed E-state index contributed by atoms with van der Waals surface area (Å²) < 4.78 is 36.4. The van der Waals surface area contributed by atoms with E-state index in [2.05, 4.69) is 26.1 Å². The molecule has 0 radical (unpaired) electrons. The van der Waals surface area contributed by atoms with Crippen LogP contribution in [0.1, 0.15) is 11.4 Å². The van der Waals surface area contributed by atoms with E-state index in [-0.39, 0.29) is 3.57 Å². The van der Waals surface area contributed by atoms with Gasteiger partial charge in [-0.2, -0.15) is 18.3 Å². The summed E-state index contributed by atoms with van der Waals surface area (Å²) in [6.45, 7) is 0. The fraction of sp³-hybridized carbons (Fsp3) is 0.400. The van der Waals surface area contributed by atoms with Gasteiger partial charge in [0.25, 0.3) is 0 Å². The third-order valence-electron chi connectivity index (χ3n) is 1.18. The van der Waals surface area contributed by atoms with E-state index in [9.17, 15) is 13.2 Å². The van der Waals surface area contributed by atoms with Crippen molar-refractivity contribution in [1.29, 1.82) is 0 Å². The zero-order valence-corrected chi connectivity index (χ0v) is 9.29. The van der Waals surface area contributed by atoms with Gasteiger partial charge in [0.2, 0.25) is 0 Å². The molecule has 0 unspecified atom stereocenters. The molecule has 0 saturated carbocycles. The van der Waals surface area contributed by atoms with Crippen molar-refractivity contribution in [3.05, 3.63) is 15.0 Å². The van der Waals surface area contributed by atoms with Crippen molar-refractivity contribution < 1.29 is 13.2 Å². The van der Waals surface area contributed by atoms with E-state index >= 15 is 0 Å². The monoisotopic (exact) mass is 354 g/mol. The van der Waals surface area contributed by atoms with E-state index in [1.165, 1.54) is 0 Å². The predicted octanol–water partition coefficient (Wildman–Crippen LogP) is 2.93. The van der Waals surface area contributed by atoms with Gasteiger partial charge in [0.1, 0.15) is 0 Å². The maximum absolute atomic E-state index is 12.1. The Labute approximate surface area is 88.2 Å². The van der Waals surface area contributed by atoms with Gasteiger partial charge < -0.3 is 0 Å². The maximum Gasteiger partial charge on any atom is 0.436 e. The quantitative estimate of drug-likeness (QED) is 0.609. The molecule has 0 aliphatic carbocycles. The molecule has 0 amide bonds. The number of nitrogens with zero attached hydrogens (tertiary/aromatic N) is 1. The number of nitrogens with one attached hydrogen (secondary N) is 1. The Morgan fingerprint density at radius 3 is 2.33 bits per heavy atom. The first-order chi connectivity index (χ1) is 5.46. The molecule has 7 heteroatoms. The van der Waals surface area contributed by atoms with Gasteiger partial charge in [-0.3, -0.25) is 5.10 Å². The minimum Gasteiger partial charge on any atom is -0.280 e.